The van der Waals surface area contributed by atoms with Gasteiger partial charge in [0.25, 0.3) is 0 Å². The topological polar surface area (TPSA) is 52.4 Å². The van der Waals surface area contributed by atoms with E-state index in [1.165, 1.54) is 0 Å². The molecule has 0 spiro atoms. The molecule has 5 heteroatoms. The molecule has 0 bridgehead atoms. The molecular weight excluding hydrogens is 288 g/mol. The van der Waals surface area contributed by atoms with E-state index in [4.69, 9.17) is 10.00 Å². The third-order valence-corrected chi connectivity index (χ3v) is 4.06. The molecule has 0 aliphatic carbocycles. The molecule has 2 heterocycles. The van der Waals surface area contributed by atoms with E-state index in [1.807, 2.05) is 18.2 Å². The fourth-order valence-corrected chi connectivity index (χ4v) is 2.64. The summed E-state index contributed by atoms with van der Waals surface area (Å²) in [6.45, 7) is 5.12. The molecule has 0 saturated carbocycles. The number of nitriles is 1. The highest BCUT2D eigenvalue weighted by Gasteiger charge is 2.16. The summed E-state index contributed by atoms with van der Waals surface area (Å²) in [6, 6.07) is 13.5. The number of rotatable bonds is 4. The molecule has 1 aromatic heterocycles. The molecule has 23 heavy (non-hydrogen) atoms. The van der Waals surface area contributed by atoms with Crippen molar-refractivity contribution in [1.29, 1.82) is 5.26 Å². The monoisotopic (exact) mass is 308 g/mol. The first-order valence-electron chi connectivity index (χ1n) is 7.78. The maximum atomic E-state index is 9.17. The lowest BCUT2D eigenvalue weighted by Crippen LogP contribution is -2.43. The SMILES string of the molecule is CN1CCN(Cc2ccccc2Oc2ncccc2C#N)CC1. The minimum absolute atomic E-state index is 0.362. The fourth-order valence-electron chi connectivity index (χ4n) is 2.64. The minimum Gasteiger partial charge on any atom is -0.437 e. The Kier molecular flexibility index (Phi) is 4.86. The number of aromatic nitrogens is 1. The van der Waals surface area contributed by atoms with E-state index in [2.05, 4.69) is 34.0 Å². The van der Waals surface area contributed by atoms with Crippen molar-refractivity contribution in [3.8, 4) is 17.7 Å². The van der Waals surface area contributed by atoms with Crippen LogP contribution < -0.4 is 4.74 Å². The van der Waals surface area contributed by atoms with E-state index >= 15 is 0 Å². The smallest absolute Gasteiger partial charge is 0.237 e. The molecule has 1 aliphatic heterocycles. The predicted molar refractivity (Wildman–Crippen MR) is 88.2 cm³/mol. The average Bonchev–Trinajstić information content (AvgIpc) is 2.59. The highest BCUT2D eigenvalue weighted by Crippen LogP contribution is 2.27. The van der Waals surface area contributed by atoms with Gasteiger partial charge in [-0.15, -0.1) is 0 Å². The van der Waals surface area contributed by atoms with Crippen molar-refractivity contribution in [3.63, 3.8) is 0 Å². The number of hydrogen-bond acceptors (Lipinski definition) is 5. The van der Waals surface area contributed by atoms with Gasteiger partial charge >= 0.3 is 0 Å². The Morgan fingerprint density at radius 3 is 2.70 bits per heavy atom. The predicted octanol–water partition coefficient (Wildman–Crippen LogP) is 2.49. The van der Waals surface area contributed by atoms with Crippen LogP contribution in [0.3, 0.4) is 0 Å². The van der Waals surface area contributed by atoms with Gasteiger partial charge in [-0.05, 0) is 25.2 Å². The zero-order valence-electron chi connectivity index (χ0n) is 13.3. The number of hydrogen-bond donors (Lipinski definition) is 0. The maximum absolute atomic E-state index is 9.17. The van der Waals surface area contributed by atoms with Crippen LogP contribution in [-0.4, -0.2) is 48.0 Å². The summed E-state index contributed by atoms with van der Waals surface area (Å²) in [5.74, 6) is 1.13. The first-order valence-corrected chi connectivity index (χ1v) is 7.78. The van der Waals surface area contributed by atoms with Crippen molar-refractivity contribution in [2.45, 2.75) is 6.54 Å². The van der Waals surface area contributed by atoms with Gasteiger partial charge in [-0.25, -0.2) is 4.98 Å². The minimum atomic E-state index is 0.362. The van der Waals surface area contributed by atoms with E-state index in [0.717, 1.165) is 44.0 Å². The Balaban J connectivity index is 1.77. The summed E-state index contributed by atoms with van der Waals surface area (Å²) in [5.41, 5.74) is 1.56. The molecule has 118 valence electrons. The second kappa shape index (κ2) is 7.23. The molecule has 3 rings (SSSR count). The van der Waals surface area contributed by atoms with Gasteiger partial charge in [0.2, 0.25) is 5.88 Å². The lowest BCUT2D eigenvalue weighted by Gasteiger charge is -2.32. The molecule has 0 radical (unpaired) electrons. The van der Waals surface area contributed by atoms with Crippen LogP contribution in [-0.2, 0) is 6.54 Å². The summed E-state index contributed by atoms with van der Waals surface area (Å²) >= 11 is 0. The van der Waals surface area contributed by atoms with Gasteiger partial charge in [0.1, 0.15) is 17.4 Å². The second-order valence-electron chi connectivity index (χ2n) is 5.76. The van der Waals surface area contributed by atoms with Gasteiger partial charge < -0.3 is 9.64 Å². The molecular formula is C18H20N4O. The normalized spacial score (nSPS) is 16.0. The van der Waals surface area contributed by atoms with Crippen molar-refractivity contribution >= 4 is 0 Å². The van der Waals surface area contributed by atoms with Crippen molar-refractivity contribution in [1.82, 2.24) is 14.8 Å². The Hall–Kier alpha value is -2.42. The molecule has 0 amide bonds. The van der Waals surface area contributed by atoms with E-state index in [9.17, 15) is 0 Å². The molecule has 1 fully saturated rings. The second-order valence-corrected chi connectivity index (χ2v) is 5.76. The standard InChI is InChI=1S/C18H20N4O/c1-21-9-11-22(12-10-21)14-16-5-2-3-7-17(16)23-18-15(13-19)6-4-8-20-18/h2-8H,9-12,14H2,1H3. The van der Waals surface area contributed by atoms with Crippen LogP contribution in [0.2, 0.25) is 0 Å². The van der Waals surface area contributed by atoms with Crippen LogP contribution in [0.4, 0.5) is 0 Å². The summed E-state index contributed by atoms with van der Waals surface area (Å²) < 4.78 is 5.92. The Morgan fingerprint density at radius 2 is 1.91 bits per heavy atom. The summed E-state index contributed by atoms with van der Waals surface area (Å²) in [4.78, 5) is 8.94. The summed E-state index contributed by atoms with van der Waals surface area (Å²) in [6.07, 6.45) is 1.64. The number of nitrogens with zero attached hydrogens (tertiary/aromatic N) is 4. The molecule has 1 saturated heterocycles. The third-order valence-electron chi connectivity index (χ3n) is 4.06. The number of likely N-dealkylation sites (N-methyl/N-ethyl adjacent to an activating group) is 1. The molecule has 0 unspecified atom stereocenters. The van der Waals surface area contributed by atoms with Crippen LogP contribution in [0.15, 0.2) is 42.6 Å². The van der Waals surface area contributed by atoms with Crippen LogP contribution in [0.25, 0.3) is 0 Å². The van der Waals surface area contributed by atoms with Gasteiger partial charge in [0.05, 0.1) is 0 Å². The fraction of sp³-hybridized carbons (Fsp3) is 0.333. The molecule has 1 aliphatic rings. The van der Waals surface area contributed by atoms with E-state index in [1.54, 1.807) is 18.3 Å². The Bertz CT molecular complexity index is 702. The van der Waals surface area contributed by atoms with Gasteiger partial charge in [-0.2, -0.15) is 5.26 Å². The van der Waals surface area contributed by atoms with Gasteiger partial charge in [-0.1, -0.05) is 18.2 Å². The average molecular weight is 308 g/mol. The van der Waals surface area contributed by atoms with E-state index in [0.29, 0.717) is 11.4 Å². The summed E-state index contributed by atoms with van der Waals surface area (Å²) in [5, 5.41) is 9.17. The van der Waals surface area contributed by atoms with Crippen molar-refractivity contribution in [2.24, 2.45) is 0 Å². The maximum Gasteiger partial charge on any atom is 0.237 e. The Labute approximate surface area is 136 Å². The molecule has 1 aromatic carbocycles. The highest BCUT2D eigenvalue weighted by molar-refractivity contribution is 5.42. The number of piperazine rings is 1. The van der Waals surface area contributed by atoms with Gasteiger partial charge in [-0.3, -0.25) is 4.90 Å². The lowest BCUT2D eigenvalue weighted by atomic mass is 10.1. The number of benzene rings is 1. The molecule has 2 aromatic rings. The summed E-state index contributed by atoms with van der Waals surface area (Å²) in [7, 11) is 2.15. The molecule has 0 N–H and O–H groups in total. The van der Waals surface area contributed by atoms with Crippen molar-refractivity contribution in [3.05, 3.63) is 53.7 Å². The first kappa shape index (κ1) is 15.5. The zero-order valence-corrected chi connectivity index (χ0v) is 13.3. The van der Waals surface area contributed by atoms with Crippen LogP contribution in [0.5, 0.6) is 11.6 Å². The number of ether oxygens (including phenoxy) is 1. The highest BCUT2D eigenvalue weighted by atomic mass is 16.5. The van der Waals surface area contributed by atoms with Crippen LogP contribution >= 0.6 is 0 Å². The van der Waals surface area contributed by atoms with Crippen LogP contribution in [0.1, 0.15) is 11.1 Å². The third kappa shape index (κ3) is 3.86. The van der Waals surface area contributed by atoms with Crippen molar-refractivity contribution in [2.75, 3.05) is 33.2 Å². The van der Waals surface area contributed by atoms with E-state index in [-0.39, 0.29) is 0 Å². The zero-order chi connectivity index (χ0) is 16.1. The molecule has 0 atom stereocenters. The van der Waals surface area contributed by atoms with Crippen LogP contribution in [0, 0.1) is 11.3 Å². The lowest BCUT2D eigenvalue weighted by molar-refractivity contribution is 0.147. The number of para-hydroxylation sites is 1. The number of pyridine rings is 1. The first-order chi connectivity index (χ1) is 11.3. The van der Waals surface area contributed by atoms with Gasteiger partial charge in [0.15, 0.2) is 0 Å². The largest absolute Gasteiger partial charge is 0.437 e. The Morgan fingerprint density at radius 1 is 1.13 bits per heavy atom. The van der Waals surface area contributed by atoms with E-state index < -0.39 is 0 Å². The van der Waals surface area contributed by atoms with Gasteiger partial charge in [0, 0.05) is 44.5 Å². The molecule has 5 nitrogen and oxygen atoms in total. The van der Waals surface area contributed by atoms with Crippen molar-refractivity contribution < 1.29 is 4.74 Å². The quantitative estimate of drug-likeness (QED) is 0.868.